The molecule has 0 aliphatic heterocycles. The number of phenols is 1. The lowest BCUT2D eigenvalue weighted by atomic mass is 10.0. The zero-order chi connectivity index (χ0) is 10.7. The quantitative estimate of drug-likeness (QED) is 0.664. The second-order valence-electron chi connectivity index (χ2n) is 3.14. The summed E-state index contributed by atoms with van der Waals surface area (Å²) >= 11 is 1.51. The van der Waals surface area contributed by atoms with Gasteiger partial charge in [-0.2, -0.15) is 0 Å². The molecule has 78 valence electrons. The first-order chi connectivity index (χ1) is 6.61. The Bertz CT molecular complexity index is 328. The molecule has 1 unspecified atom stereocenters. The van der Waals surface area contributed by atoms with E-state index in [1.54, 1.807) is 0 Å². The van der Waals surface area contributed by atoms with E-state index in [0.29, 0.717) is 5.56 Å². The molecule has 0 bridgehead atoms. The molecule has 0 aliphatic rings. The molecule has 1 aromatic carbocycles. The van der Waals surface area contributed by atoms with Crippen molar-refractivity contribution in [2.45, 2.75) is 17.9 Å². The molecule has 0 saturated heterocycles. The zero-order valence-corrected chi connectivity index (χ0v) is 9.14. The fourth-order valence-electron chi connectivity index (χ4n) is 1.33. The number of thioether (sulfide) groups is 1. The molecule has 4 N–H and O–H groups in total. The number of rotatable bonds is 3. The molecule has 0 spiro atoms. The van der Waals surface area contributed by atoms with Gasteiger partial charge in [-0.05, 0) is 24.8 Å². The first-order valence-corrected chi connectivity index (χ1v) is 5.57. The molecule has 0 fully saturated rings. The molecule has 0 amide bonds. The van der Waals surface area contributed by atoms with E-state index in [4.69, 9.17) is 10.8 Å². The van der Waals surface area contributed by atoms with E-state index < -0.39 is 6.04 Å². The number of benzene rings is 1. The van der Waals surface area contributed by atoms with Crippen molar-refractivity contribution in [1.29, 1.82) is 0 Å². The second kappa shape index (κ2) is 4.68. The van der Waals surface area contributed by atoms with Crippen LogP contribution in [0.15, 0.2) is 17.0 Å². The van der Waals surface area contributed by atoms with Crippen LogP contribution in [0.2, 0.25) is 0 Å². The van der Waals surface area contributed by atoms with Crippen LogP contribution >= 0.6 is 11.8 Å². The maximum absolute atomic E-state index is 9.81. The van der Waals surface area contributed by atoms with Crippen LogP contribution in [0.3, 0.4) is 0 Å². The first-order valence-electron chi connectivity index (χ1n) is 4.34. The monoisotopic (exact) mass is 213 g/mol. The minimum absolute atomic E-state index is 0.162. The lowest BCUT2D eigenvalue weighted by molar-refractivity contribution is 0.263. The van der Waals surface area contributed by atoms with Gasteiger partial charge in [0.2, 0.25) is 0 Å². The highest BCUT2D eigenvalue weighted by molar-refractivity contribution is 7.98. The largest absolute Gasteiger partial charge is 0.507 e. The van der Waals surface area contributed by atoms with E-state index in [9.17, 15) is 5.11 Å². The number of aryl methyl sites for hydroxylation is 1. The fraction of sp³-hybridized carbons (Fsp3) is 0.400. The van der Waals surface area contributed by atoms with Gasteiger partial charge in [0.25, 0.3) is 0 Å². The van der Waals surface area contributed by atoms with Crippen LogP contribution < -0.4 is 5.73 Å². The van der Waals surface area contributed by atoms with E-state index in [1.807, 2.05) is 25.3 Å². The molecule has 14 heavy (non-hydrogen) atoms. The number of aliphatic hydroxyl groups is 1. The van der Waals surface area contributed by atoms with Crippen molar-refractivity contribution >= 4 is 11.8 Å². The maximum Gasteiger partial charge on any atom is 0.124 e. The second-order valence-corrected chi connectivity index (χ2v) is 3.98. The van der Waals surface area contributed by atoms with Crippen LogP contribution in [-0.4, -0.2) is 23.1 Å². The summed E-state index contributed by atoms with van der Waals surface area (Å²) in [7, 11) is 0. The third-order valence-electron chi connectivity index (χ3n) is 2.17. The number of aromatic hydroxyl groups is 1. The van der Waals surface area contributed by atoms with Crippen molar-refractivity contribution in [2.24, 2.45) is 5.73 Å². The van der Waals surface area contributed by atoms with Crippen molar-refractivity contribution < 1.29 is 10.2 Å². The molecule has 0 aliphatic carbocycles. The number of aliphatic hydroxyl groups excluding tert-OH is 1. The van der Waals surface area contributed by atoms with Gasteiger partial charge in [-0.1, -0.05) is 6.07 Å². The Morgan fingerprint density at radius 2 is 2.14 bits per heavy atom. The van der Waals surface area contributed by atoms with Crippen LogP contribution in [0.25, 0.3) is 0 Å². The van der Waals surface area contributed by atoms with E-state index in [0.717, 1.165) is 10.5 Å². The van der Waals surface area contributed by atoms with Crippen LogP contribution in [0.1, 0.15) is 17.2 Å². The standard InChI is InChI=1S/C10H15NO2S/c1-6-3-4-8(14-2)9(10(6)13)7(11)5-12/h3-4,7,12-13H,5,11H2,1-2H3. The average molecular weight is 213 g/mol. The Balaban J connectivity index is 3.27. The topological polar surface area (TPSA) is 66.5 Å². The highest BCUT2D eigenvalue weighted by Crippen LogP contribution is 2.34. The summed E-state index contributed by atoms with van der Waals surface area (Å²) in [5.41, 5.74) is 7.14. The summed E-state index contributed by atoms with van der Waals surface area (Å²) < 4.78 is 0. The molecule has 1 rings (SSSR count). The third-order valence-corrected chi connectivity index (χ3v) is 2.96. The van der Waals surface area contributed by atoms with Gasteiger partial charge in [0.1, 0.15) is 5.75 Å². The van der Waals surface area contributed by atoms with Crippen molar-refractivity contribution in [1.82, 2.24) is 0 Å². The van der Waals surface area contributed by atoms with E-state index in [-0.39, 0.29) is 12.4 Å². The molecule has 0 saturated carbocycles. The number of nitrogens with two attached hydrogens (primary N) is 1. The van der Waals surface area contributed by atoms with Gasteiger partial charge in [-0.15, -0.1) is 11.8 Å². The summed E-state index contributed by atoms with van der Waals surface area (Å²) in [4.78, 5) is 0.912. The molecule has 3 nitrogen and oxygen atoms in total. The van der Waals surface area contributed by atoms with Crippen molar-refractivity contribution in [3.8, 4) is 5.75 Å². The van der Waals surface area contributed by atoms with Crippen LogP contribution in [-0.2, 0) is 0 Å². The zero-order valence-electron chi connectivity index (χ0n) is 8.32. The summed E-state index contributed by atoms with van der Waals surface area (Å²) in [6, 6.07) is 3.23. The Morgan fingerprint density at radius 3 is 2.64 bits per heavy atom. The Kier molecular flexibility index (Phi) is 3.80. The molecule has 0 aromatic heterocycles. The van der Waals surface area contributed by atoms with Gasteiger partial charge in [0.15, 0.2) is 0 Å². The highest BCUT2D eigenvalue weighted by Gasteiger charge is 2.16. The van der Waals surface area contributed by atoms with Crippen molar-refractivity contribution in [2.75, 3.05) is 12.9 Å². The maximum atomic E-state index is 9.81. The minimum atomic E-state index is -0.516. The van der Waals surface area contributed by atoms with E-state index >= 15 is 0 Å². The summed E-state index contributed by atoms with van der Waals surface area (Å²) in [6.07, 6.45) is 1.91. The lowest BCUT2D eigenvalue weighted by Gasteiger charge is -2.16. The molecule has 0 radical (unpaired) electrons. The van der Waals surface area contributed by atoms with Gasteiger partial charge >= 0.3 is 0 Å². The average Bonchev–Trinajstić information content (AvgIpc) is 2.20. The van der Waals surface area contributed by atoms with Gasteiger partial charge in [0.05, 0.1) is 12.6 Å². The minimum Gasteiger partial charge on any atom is -0.507 e. The molecule has 1 atom stereocenters. The predicted octanol–water partition coefficient (Wildman–Crippen LogP) is 1.41. The smallest absolute Gasteiger partial charge is 0.124 e. The number of phenolic OH excluding ortho intramolecular Hbond substituents is 1. The molecule has 4 heteroatoms. The lowest BCUT2D eigenvalue weighted by Crippen LogP contribution is -2.15. The SMILES string of the molecule is CSc1ccc(C)c(O)c1C(N)CO. The predicted molar refractivity (Wildman–Crippen MR) is 58.6 cm³/mol. The van der Waals surface area contributed by atoms with Crippen LogP contribution in [0, 0.1) is 6.92 Å². The number of hydrogen-bond donors (Lipinski definition) is 3. The van der Waals surface area contributed by atoms with Gasteiger partial charge in [-0.25, -0.2) is 0 Å². The fourth-order valence-corrected chi connectivity index (χ4v) is 2.00. The van der Waals surface area contributed by atoms with Gasteiger partial charge < -0.3 is 15.9 Å². The highest BCUT2D eigenvalue weighted by atomic mass is 32.2. The Labute approximate surface area is 87.9 Å². The normalized spacial score (nSPS) is 12.9. The molecular formula is C10H15NO2S. The number of hydrogen-bond acceptors (Lipinski definition) is 4. The summed E-state index contributed by atoms with van der Waals surface area (Å²) in [5.74, 6) is 0.193. The van der Waals surface area contributed by atoms with E-state index in [1.165, 1.54) is 11.8 Å². The molecule has 0 heterocycles. The first kappa shape index (κ1) is 11.4. The summed E-state index contributed by atoms with van der Waals surface area (Å²) in [5, 5.41) is 18.8. The summed E-state index contributed by atoms with van der Waals surface area (Å²) in [6.45, 7) is 1.65. The van der Waals surface area contributed by atoms with Gasteiger partial charge in [0, 0.05) is 10.5 Å². The van der Waals surface area contributed by atoms with Crippen molar-refractivity contribution in [3.63, 3.8) is 0 Å². The van der Waals surface area contributed by atoms with Crippen molar-refractivity contribution in [3.05, 3.63) is 23.3 Å². The van der Waals surface area contributed by atoms with Gasteiger partial charge in [-0.3, -0.25) is 0 Å². The van der Waals surface area contributed by atoms with Crippen LogP contribution in [0.5, 0.6) is 5.75 Å². The molecular weight excluding hydrogens is 198 g/mol. The third kappa shape index (κ3) is 2.03. The Morgan fingerprint density at radius 1 is 1.50 bits per heavy atom. The molecule has 1 aromatic rings. The van der Waals surface area contributed by atoms with Crippen LogP contribution in [0.4, 0.5) is 0 Å². The van der Waals surface area contributed by atoms with E-state index in [2.05, 4.69) is 0 Å². The Hall–Kier alpha value is -0.710.